The summed E-state index contributed by atoms with van der Waals surface area (Å²) in [7, 11) is 3.12. The number of benzene rings is 3. The van der Waals surface area contributed by atoms with Crippen molar-refractivity contribution in [3.63, 3.8) is 0 Å². The number of amides is 1. The number of nitrogens with zero attached hydrogens (tertiary/aromatic N) is 1. The van der Waals surface area contributed by atoms with Crippen LogP contribution in [0.1, 0.15) is 36.1 Å². The second kappa shape index (κ2) is 10.6. The first kappa shape index (κ1) is 24.9. The molecule has 0 spiro atoms. The number of ether oxygens (including phenoxy) is 3. The smallest absolute Gasteiger partial charge is 0.300 e. The molecule has 36 heavy (non-hydrogen) atoms. The average molecular weight is 488 g/mol. The fourth-order valence-electron chi connectivity index (χ4n) is 4.33. The number of aliphatic hydroxyl groups is 1. The summed E-state index contributed by atoms with van der Waals surface area (Å²) in [6.07, 6.45) is 0.839. The molecule has 4 rings (SSSR count). The molecule has 0 saturated carbocycles. The summed E-state index contributed by atoms with van der Waals surface area (Å²) < 4.78 is 16.4. The minimum Gasteiger partial charge on any atom is -0.507 e. The first-order chi connectivity index (χ1) is 17.4. The fraction of sp³-hybridized carbons (Fsp3) is 0.241. The van der Waals surface area contributed by atoms with E-state index in [1.54, 1.807) is 62.8 Å². The zero-order chi connectivity index (χ0) is 25.8. The van der Waals surface area contributed by atoms with Crippen LogP contribution in [-0.2, 0) is 9.59 Å². The molecule has 3 aromatic rings. The van der Waals surface area contributed by atoms with Crippen molar-refractivity contribution >= 4 is 23.1 Å². The average Bonchev–Trinajstić information content (AvgIpc) is 3.17. The molecule has 7 heteroatoms. The van der Waals surface area contributed by atoms with Gasteiger partial charge in [-0.3, -0.25) is 14.5 Å². The number of aryl methyl sites for hydroxylation is 1. The number of ketones is 1. The van der Waals surface area contributed by atoms with Crippen molar-refractivity contribution in [2.45, 2.75) is 26.3 Å². The van der Waals surface area contributed by atoms with E-state index >= 15 is 0 Å². The molecule has 1 N–H and O–H groups in total. The number of carbonyl (C=O) groups excluding carboxylic acids is 2. The molecule has 1 aliphatic heterocycles. The number of Topliss-reactive ketones (excluding diaryl/α,β-unsaturated/α-hetero) is 1. The van der Waals surface area contributed by atoms with E-state index in [1.807, 2.05) is 32.0 Å². The number of carbonyl (C=O) groups is 2. The summed E-state index contributed by atoms with van der Waals surface area (Å²) in [6, 6.07) is 18.4. The van der Waals surface area contributed by atoms with Crippen LogP contribution in [0.4, 0.5) is 5.69 Å². The van der Waals surface area contributed by atoms with Crippen LogP contribution >= 0.6 is 0 Å². The maximum atomic E-state index is 13.4. The van der Waals surface area contributed by atoms with Gasteiger partial charge < -0.3 is 19.3 Å². The summed E-state index contributed by atoms with van der Waals surface area (Å²) in [5, 5.41) is 11.4. The first-order valence-electron chi connectivity index (χ1n) is 11.7. The largest absolute Gasteiger partial charge is 0.507 e. The van der Waals surface area contributed by atoms with Gasteiger partial charge in [-0.05, 0) is 79.1 Å². The van der Waals surface area contributed by atoms with Crippen molar-refractivity contribution in [3.05, 3.63) is 89.0 Å². The highest BCUT2D eigenvalue weighted by Gasteiger charge is 2.47. The van der Waals surface area contributed by atoms with Crippen LogP contribution in [0.5, 0.6) is 17.2 Å². The molecule has 7 nitrogen and oxygen atoms in total. The summed E-state index contributed by atoms with van der Waals surface area (Å²) >= 11 is 0. The Kier molecular flexibility index (Phi) is 7.29. The molecule has 1 fully saturated rings. The van der Waals surface area contributed by atoms with E-state index in [1.165, 1.54) is 4.90 Å². The van der Waals surface area contributed by atoms with Gasteiger partial charge in [0.1, 0.15) is 23.0 Å². The topological polar surface area (TPSA) is 85.3 Å². The van der Waals surface area contributed by atoms with E-state index in [0.29, 0.717) is 40.7 Å². The van der Waals surface area contributed by atoms with E-state index in [9.17, 15) is 14.7 Å². The Morgan fingerprint density at radius 3 is 2.33 bits per heavy atom. The van der Waals surface area contributed by atoms with Crippen molar-refractivity contribution in [1.29, 1.82) is 0 Å². The summed E-state index contributed by atoms with van der Waals surface area (Å²) in [5.74, 6) is 0.159. The van der Waals surface area contributed by atoms with Gasteiger partial charge >= 0.3 is 0 Å². The Labute approximate surface area is 210 Å². The van der Waals surface area contributed by atoms with E-state index in [-0.39, 0.29) is 11.3 Å². The minimum absolute atomic E-state index is 0.00743. The Bertz CT molecular complexity index is 1310. The Balaban J connectivity index is 1.90. The molecule has 1 atom stereocenters. The third-order valence-corrected chi connectivity index (χ3v) is 6.11. The zero-order valence-corrected chi connectivity index (χ0v) is 20.8. The van der Waals surface area contributed by atoms with Gasteiger partial charge in [0, 0.05) is 11.3 Å². The third-order valence-electron chi connectivity index (χ3n) is 6.11. The van der Waals surface area contributed by atoms with Crippen molar-refractivity contribution < 1.29 is 28.9 Å². The second-order valence-electron chi connectivity index (χ2n) is 8.47. The monoisotopic (exact) mass is 487 g/mol. The molecule has 0 bridgehead atoms. The van der Waals surface area contributed by atoms with Crippen LogP contribution in [-0.4, -0.2) is 37.6 Å². The number of aliphatic hydroxyl groups excluding tert-OH is 1. The van der Waals surface area contributed by atoms with Crippen molar-refractivity contribution in [2.24, 2.45) is 0 Å². The molecule has 0 aliphatic carbocycles. The quantitative estimate of drug-likeness (QED) is 0.259. The maximum Gasteiger partial charge on any atom is 0.300 e. The standard InChI is InChI=1S/C29H29NO6/c1-5-15-36-23-8-6-7-19(17-23)26-25(27(31)20-9-14-24(35-4)18(2)16-20)28(32)29(33)30(26)21-10-12-22(34-3)13-11-21/h6-14,16-17,26,31H,5,15H2,1-4H3/b27-25+. The highest BCUT2D eigenvalue weighted by molar-refractivity contribution is 6.51. The first-order valence-corrected chi connectivity index (χ1v) is 11.7. The lowest BCUT2D eigenvalue weighted by Crippen LogP contribution is -2.29. The molecule has 0 radical (unpaired) electrons. The van der Waals surface area contributed by atoms with E-state index in [4.69, 9.17) is 14.2 Å². The molecule has 1 heterocycles. The lowest BCUT2D eigenvalue weighted by atomic mass is 9.94. The van der Waals surface area contributed by atoms with Gasteiger partial charge in [-0.2, -0.15) is 0 Å². The molecule has 3 aromatic carbocycles. The van der Waals surface area contributed by atoms with Gasteiger partial charge in [-0.25, -0.2) is 0 Å². The molecule has 1 unspecified atom stereocenters. The number of hydrogen-bond acceptors (Lipinski definition) is 6. The van der Waals surface area contributed by atoms with Crippen molar-refractivity contribution in [1.82, 2.24) is 0 Å². The fourth-order valence-corrected chi connectivity index (χ4v) is 4.33. The van der Waals surface area contributed by atoms with Crippen LogP contribution < -0.4 is 19.1 Å². The Morgan fingerprint density at radius 1 is 0.944 bits per heavy atom. The zero-order valence-electron chi connectivity index (χ0n) is 20.8. The SMILES string of the molecule is CCCOc1cccc(C2/C(=C(\O)c3ccc(OC)c(C)c3)C(=O)C(=O)N2c2ccc(OC)cc2)c1. The van der Waals surface area contributed by atoms with Crippen LogP contribution in [0.25, 0.3) is 5.76 Å². The van der Waals surface area contributed by atoms with Crippen molar-refractivity contribution in [3.8, 4) is 17.2 Å². The number of rotatable bonds is 8. The predicted molar refractivity (Wildman–Crippen MR) is 138 cm³/mol. The molecule has 1 saturated heterocycles. The molecule has 1 aliphatic rings. The number of anilines is 1. The van der Waals surface area contributed by atoms with Crippen LogP contribution in [0.15, 0.2) is 72.3 Å². The van der Waals surface area contributed by atoms with E-state index in [2.05, 4.69) is 0 Å². The molecular formula is C29H29NO6. The summed E-state index contributed by atoms with van der Waals surface area (Å²) in [6.45, 7) is 4.39. The predicted octanol–water partition coefficient (Wildman–Crippen LogP) is 5.43. The van der Waals surface area contributed by atoms with Gasteiger partial charge in [-0.15, -0.1) is 0 Å². The van der Waals surface area contributed by atoms with E-state index in [0.717, 1.165) is 12.0 Å². The van der Waals surface area contributed by atoms with Crippen LogP contribution in [0.2, 0.25) is 0 Å². The van der Waals surface area contributed by atoms with E-state index < -0.39 is 17.7 Å². The highest BCUT2D eigenvalue weighted by atomic mass is 16.5. The normalized spacial score (nSPS) is 16.8. The molecular weight excluding hydrogens is 458 g/mol. The third kappa shape index (κ3) is 4.64. The maximum absolute atomic E-state index is 13.4. The molecule has 1 amide bonds. The van der Waals surface area contributed by atoms with Crippen molar-refractivity contribution in [2.75, 3.05) is 25.7 Å². The van der Waals surface area contributed by atoms with Crippen LogP contribution in [0, 0.1) is 6.92 Å². The lowest BCUT2D eigenvalue weighted by Gasteiger charge is -2.26. The Morgan fingerprint density at radius 2 is 1.69 bits per heavy atom. The van der Waals surface area contributed by atoms with Gasteiger partial charge in [-0.1, -0.05) is 19.1 Å². The number of methoxy groups -OCH3 is 2. The lowest BCUT2D eigenvalue weighted by molar-refractivity contribution is -0.132. The van der Waals surface area contributed by atoms with Gasteiger partial charge in [0.15, 0.2) is 0 Å². The second-order valence-corrected chi connectivity index (χ2v) is 8.47. The number of hydrogen-bond donors (Lipinski definition) is 1. The summed E-state index contributed by atoms with van der Waals surface area (Å²) in [5.41, 5.74) is 2.37. The Hall–Kier alpha value is -4.26. The van der Waals surface area contributed by atoms with Gasteiger partial charge in [0.2, 0.25) is 0 Å². The molecule has 186 valence electrons. The van der Waals surface area contributed by atoms with Crippen LogP contribution in [0.3, 0.4) is 0 Å². The highest BCUT2D eigenvalue weighted by Crippen LogP contribution is 2.43. The minimum atomic E-state index is -0.856. The van der Waals surface area contributed by atoms with Gasteiger partial charge in [0.25, 0.3) is 11.7 Å². The van der Waals surface area contributed by atoms with Gasteiger partial charge in [0.05, 0.1) is 32.4 Å². The summed E-state index contributed by atoms with van der Waals surface area (Å²) in [4.78, 5) is 28.2. The molecule has 0 aromatic heterocycles.